The second kappa shape index (κ2) is 11.9. The van der Waals surface area contributed by atoms with Gasteiger partial charge < -0.3 is 9.84 Å². The zero-order valence-corrected chi connectivity index (χ0v) is 16.2. The van der Waals surface area contributed by atoms with Crippen LogP contribution >= 0.6 is 0 Å². The van der Waals surface area contributed by atoms with Crippen molar-refractivity contribution in [2.45, 2.75) is 67.5 Å². The molecule has 18 heteroatoms. The number of rotatable bonds is 14. The number of carboxylic acid groups (broad SMARTS) is 1. The van der Waals surface area contributed by atoms with E-state index in [-0.39, 0.29) is 0 Å². The largest absolute Gasteiger partial charge is 0.481 e. The molecule has 0 aromatic rings. The molecule has 0 fully saturated rings. The molecule has 0 bridgehead atoms. The first-order valence-electron chi connectivity index (χ1n) is 8.15. The summed E-state index contributed by atoms with van der Waals surface area (Å²) < 4.78 is 161. The number of alkyl halides is 10. The van der Waals surface area contributed by atoms with E-state index in [9.17, 15) is 66.5 Å². The predicted octanol–water partition coefficient (Wildman–Crippen LogP) is 2.58. The Balaban J connectivity index is 5.89. The van der Waals surface area contributed by atoms with Crippen molar-refractivity contribution in [3.63, 3.8) is 0 Å². The molecule has 0 radical (unpaired) electrons. The fraction of sp³-hybridized carbons (Fsp3) is 0.857. The Bertz CT molecular complexity index is 739. The van der Waals surface area contributed by atoms with Gasteiger partial charge in [-0.3, -0.25) is 14.1 Å². The van der Waals surface area contributed by atoms with Crippen molar-refractivity contribution in [1.82, 2.24) is 0 Å². The Hall–Kier alpha value is -1.85. The average molecular weight is 518 g/mol. The Morgan fingerprint density at radius 1 is 0.781 bits per heavy atom. The molecule has 0 heterocycles. The van der Waals surface area contributed by atoms with Gasteiger partial charge >= 0.3 is 11.9 Å². The average Bonchev–Trinajstić information content (AvgIpc) is 2.66. The van der Waals surface area contributed by atoms with Gasteiger partial charge in [-0.25, -0.2) is 43.9 Å². The second-order valence-electron chi connectivity index (χ2n) is 6.32. The lowest BCUT2D eigenvalue weighted by molar-refractivity contribution is -0.155. The molecule has 0 aromatic carbocycles. The van der Waals surface area contributed by atoms with Crippen LogP contribution in [0, 0.1) is 0 Å². The monoisotopic (exact) mass is 518 g/mol. The van der Waals surface area contributed by atoms with Crippen molar-refractivity contribution in [2.75, 3.05) is 6.61 Å². The third kappa shape index (κ3) is 7.63. The van der Waals surface area contributed by atoms with E-state index in [0.717, 1.165) is 0 Å². The van der Waals surface area contributed by atoms with Crippen LogP contribution in [-0.2, 0) is 24.4 Å². The highest BCUT2D eigenvalue weighted by Gasteiger charge is 2.57. The molecule has 7 atom stereocenters. The summed E-state index contributed by atoms with van der Waals surface area (Å²) in [5.74, 6) is -4.96. The molecule has 0 spiro atoms. The lowest BCUT2D eigenvalue weighted by Gasteiger charge is -2.30. The quantitative estimate of drug-likeness (QED) is 0.206. The Kier molecular flexibility index (Phi) is 11.2. The molecule has 7 unspecified atom stereocenters. The molecule has 0 aliphatic carbocycles. The Morgan fingerprint density at radius 2 is 1.19 bits per heavy atom. The number of carbonyl (C=O) groups excluding carboxylic acids is 1. The van der Waals surface area contributed by atoms with Crippen molar-refractivity contribution in [3.8, 4) is 0 Å². The van der Waals surface area contributed by atoms with E-state index in [2.05, 4.69) is 4.74 Å². The number of esters is 1. The molecule has 32 heavy (non-hydrogen) atoms. The lowest BCUT2D eigenvalue weighted by atomic mass is 9.94. The number of aliphatic carboxylic acids is 1. The number of hydrogen-bond acceptors (Lipinski definition) is 5. The van der Waals surface area contributed by atoms with Crippen LogP contribution in [0.2, 0.25) is 0 Å². The van der Waals surface area contributed by atoms with Crippen LogP contribution in [0.4, 0.5) is 43.9 Å². The Labute approximate surface area is 173 Å². The highest BCUT2D eigenvalue weighted by molar-refractivity contribution is 7.88. The van der Waals surface area contributed by atoms with Gasteiger partial charge in [0.1, 0.15) is 12.8 Å². The lowest BCUT2D eigenvalue weighted by Crippen LogP contribution is -2.53. The van der Waals surface area contributed by atoms with Gasteiger partial charge in [-0.1, -0.05) is 0 Å². The van der Waals surface area contributed by atoms with Crippen LogP contribution in [0.25, 0.3) is 0 Å². The highest BCUT2D eigenvalue weighted by Crippen LogP contribution is 2.34. The molecule has 0 aliphatic rings. The summed E-state index contributed by atoms with van der Waals surface area (Å²) in [5, 5.41) is 8.75. The normalized spacial score (nSPS) is 20.2. The smallest absolute Gasteiger partial charge is 0.330 e. The first kappa shape index (κ1) is 30.1. The van der Waals surface area contributed by atoms with E-state index in [4.69, 9.17) is 5.11 Å². The van der Waals surface area contributed by atoms with Gasteiger partial charge in [0.15, 0.2) is 30.9 Å². The summed E-state index contributed by atoms with van der Waals surface area (Å²) in [7, 11) is -6.18. The summed E-state index contributed by atoms with van der Waals surface area (Å²) in [6.45, 7) is -2.07. The maximum atomic E-state index is 14.0. The third-order valence-corrected chi connectivity index (χ3v) is 5.45. The van der Waals surface area contributed by atoms with E-state index in [1.165, 1.54) is 0 Å². The molecule has 0 saturated carbocycles. The van der Waals surface area contributed by atoms with Gasteiger partial charge in [0.25, 0.3) is 23.0 Å². The maximum Gasteiger partial charge on any atom is 0.330 e. The molecule has 0 aliphatic heterocycles. The van der Waals surface area contributed by atoms with E-state index >= 15 is 0 Å². The molecule has 0 saturated heterocycles. The first-order valence-corrected chi connectivity index (χ1v) is 9.59. The molecule has 7 nitrogen and oxygen atoms in total. The molecular weight excluding hydrogens is 502 g/mol. The van der Waals surface area contributed by atoms with Gasteiger partial charge in [-0.05, 0) is 0 Å². The van der Waals surface area contributed by atoms with Crippen LogP contribution in [-0.4, -0.2) is 91.3 Å². The van der Waals surface area contributed by atoms with Crippen LogP contribution in [0.15, 0.2) is 0 Å². The van der Waals surface area contributed by atoms with Crippen LogP contribution < -0.4 is 0 Å². The number of ether oxygens (including phenoxy) is 1. The molecule has 0 aromatic heterocycles. The van der Waals surface area contributed by atoms with Gasteiger partial charge in [-0.2, -0.15) is 8.42 Å². The van der Waals surface area contributed by atoms with E-state index < -0.39 is 96.1 Å². The molecule has 0 amide bonds. The summed E-state index contributed by atoms with van der Waals surface area (Å²) in [4.78, 5) is 23.0. The Morgan fingerprint density at radius 3 is 1.53 bits per heavy atom. The topological polar surface area (TPSA) is 118 Å². The van der Waals surface area contributed by atoms with E-state index in [1.807, 2.05) is 0 Å². The van der Waals surface area contributed by atoms with Crippen molar-refractivity contribution in [2.24, 2.45) is 0 Å². The van der Waals surface area contributed by atoms with Crippen molar-refractivity contribution < 1.29 is 76.3 Å². The molecule has 190 valence electrons. The zero-order valence-electron chi connectivity index (χ0n) is 15.4. The molecular formula is C14H16F10O7S. The minimum absolute atomic E-state index is 2.07. The zero-order chi connectivity index (χ0) is 25.6. The first-order chi connectivity index (χ1) is 14.4. The van der Waals surface area contributed by atoms with Crippen LogP contribution in [0.3, 0.4) is 0 Å². The van der Waals surface area contributed by atoms with Gasteiger partial charge in [0.2, 0.25) is 4.75 Å². The van der Waals surface area contributed by atoms with Crippen LogP contribution in [0.1, 0.15) is 12.8 Å². The van der Waals surface area contributed by atoms with E-state index in [1.54, 1.807) is 0 Å². The maximum absolute atomic E-state index is 14.0. The number of halogens is 10. The van der Waals surface area contributed by atoms with Gasteiger partial charge in [-0.15, -0.1) is 0 Å². The molecule has 0 rings (SSSR count). The highest BCUT2D eigenvalue weighted by atomic mass is 32.2. The predicted molar refractivity (Wildman–Crippen MR) is 83.5 cm³/mol. The fourth-order valence-corrected chi connectivity index (χ4v) is 3.20. The summed E-state index contributed by atoms with van der Waals surface area (Å²) in [6.07, 6.45) is -34.9. The van der Waals surface area contributed by atoms with Crippen molar-refractivity contribution in [1.29, 1.82) is 0 Å². The van der Waals surface area contributed by atoms with Crippen molar-refractivity contribution >= 4 is 22.1 Å². The number of carbonyl (C=O) groups is 2. The fourth-order valence-electron chi connectivity index (χ4n) is 2.26. The van der Waals surface area contributed by atoms with Crippen LogP contribution in [0.5, 0.6) is 0 Å². The number of carboxylic acids is 1. The minimum atomic E-state index is -6.18. The number of hydrogen-bond donors (Lipinski definition) is 2. The van der Waals surface area contributed by atoms with Crippen molar-refractivity contribution in [3.05, 3.63) is 0 Å². The summed E-state index contributed by atoms with van der Waals surface area (Å²) in [6, 6.07) is 0. The third-order valence-electron chi connectivity index (χ3n) is 3.98. The summed E-state index contributed by atoms with van der Waals surface area (Å²) in [5.41, 5.74) is 0. The standard InChI is InChI=1S/C14H16F10O7S/c15-4(7(17)9(19)11(21)22)1-14(2-6(25)26,32(28,29)30)13(27)31-3-5(16)8(18)10(20)12(23)24/h4-5,7-12H,1-3H2,(H,25,26)(H,28,29,30). The van der Waals surface area contributed by atoms with Gasteiger partial charge in [0, 0.05) is 6.42 Å². The van der Waals surface area contributed by atoms with E-state index in [0.29, 0.717) is 0 Å². The molecule has 2 N–H and O–H groups in total. The summed E-state index contributed by atoms with van der Waals surface area (Å²) >= 11 is 0. The SMILES string of the molecule is O=C(O)CC(CC(F)C(F)C(F)C(F)F)(C(=O)OCC(F)C(F)C(F)C(F)F)S(=O)(=O)O. The second-order valence-corrected chi connectivity index (χ2v) is 8.05. The minimum Gasteiger partial charge on any atom is -0.481 e. The van der Waals surface area contributed by atoms with Gasteiger partial charge in [0.05, 0.1) is 6.42 Å².